The SMILES string of the molecule is Cn1cccc1CNC(=O)c1cc(Cl)nnc1Cl. The molecule has 0 saturated carbocycles. The second-order valence-electron chi connectivity index (χ2n) is 3.66. The van der Waals surface area contributed by atoms with Crippen LogP contribution in [0.25, 0.3) is 0 Å². The highest BCUT2D eigenvalue weighted by Crippen LogP contribution is 2.15. The molecule has 2 aromatic heterocycles. The highest BCUT2D eigenvalue weighted by atomic mass is 35.5. The molecule has 5 nitrogen and oxygen atoms in total. The monoisotopic (exact) mass is 284 g/mol. The summed E-state index contributed by atoms with van der Waals surface area (Å²) in [4.78, 5) is 11.9. The summed E-state index contributed by atoms with van der Waals surface area (Å²) in [6.45, 7) is 0.401. The van der Waals surface area contributed by atoms with Crippen LogP contribution in [-0.4, -0.2) is 20.7 Å². The Morgan fingerprint density at radius 1 is 1.44 bits per heavy atom. The number of nitrogens with zero attached hydrogens (tertiary/aromatic N) is 3. The Labute approximate surface area is 114 Å². The summed E-state index contributed by atoms with van der Waals surface area (Å²) in [5.74, 6) is -0.335. The van der Waals surface area contributed by atoms with E-state index in [9.17, 15) is 4.79 Å². The second kappa shape index (κ2) is 5.37. The lowest BCUT2D eigenvalue weighted by atomic mass is 10.3. The zero-order valence-corrected chi connectivity index (χ0v) is 11.0. The third-order valence-electron chi connectivity index (χ3n) is 2.45. The van der Waals surface area contributed by atoms with E-state index in [1.807, 2.05) is 29.9 Å². The summed E-state index contributed by atoms with van der Waals surface area (Å²) in [6, 6.07) is 5.20. The summed E-state index contributed by atoms with van der Waals surface area (Å²) >= 11 is 11.5. The van der Waals surface area contributed by atoms with E-state index < -0.39 is 0 Å². The number of rotatable bonds is 3. The molecule has 2 heterocycles. The highest BCUT2D eigenvalue weighted by Gasteiger charge is 2.13. The molecule has 2 rings (SSSR count). The normalized spacial score (nSPS) is 10.4. The van der Waals surface area contributed by atoms with Crippen molar-refractivity contribution >= 4 is 29.1 Å². The molecule has 0 aliphatic heterocycles. The number of hydrogen-bond acceptors (Lipinski definition) is 3. The first-order valence-electron chi connectivity index (χ1n) is 5.15. The first-order valence-corrected chi connectivity index (χ1v) is 5.90. The highest BCUT2D eigenvalue weighted by molar-refractivity contribution is 6.34. The minimum atomic E-state index is -0.335. The maximum atomic E-state index is 11.9. The minimum Gasteiger partial charge on any atom is -0.353 e. The number of nitrogens with one attached hydrogen (secondary N) is 1. The van der Waals surface area contributed by atoms with Crippen LogP contribution in [0.5, 0.6) is 0 Å². The number of carbonyl (C=O) groups excluding carboxylic acids is 1. The summed E-state index contributed by atoms with van der Waals surface area (Å²) in [5.41, 5.74) is 1.19. The van der Waals surface area contributed by atoms with E-state index in [-0.39, 0.29) is 21.8 Å². The number of aryl methyl sites for hydroxylation is 1. The van der Waals surface area contributed by atoms with Gasteiger partial charge in [-0.05, 0) is 18.2 Å². The summed E-state index contributed by atoms with van der Waals surface area (Å²) in [6.07, 6.45) is 1.90. The molecule has 0 aliphatic rings. The number of hydrogen-bond donors (Lipinski definition) is 1. The molecule has 1 N–H and O–H groups in total. The Kier molecular flexibility index (Phi) is 3.84. The van der Waals surface area contributed by atoms with Gasteiger partial charge in [0.05, 0.1) is 12.1 Å². The third kappa shape index (κ3) is 2.80. The van der Waals surface area contributed by atoms with Crippen molar-refractivity contribution in [3.63, 3.8) is 0 Å². The molecule has 94 valence electrons. The first-order chi connectivity index (χ1) is 8.58. The van der Waals surface area contributed by atoms with Crippen LogP contribution in [-0.2, 0) is 13.6 Å². The number of aromatic nitrogens is 3. The van der Waals surface area contributed by atoms with Crippen molar-refractivity contribution in [3.8, 4) is 0 Å². The van der Waals surface area contributed by atoms with Crippen LogP contribution in [0.15, 0.2) is 24.4 Å². The van der Waals surface area contributed by atoms with Gasteiger partial charge < -0.3 is 9.88 Å². The second-order valence-corrected chi connectivity index (χ2v) is 4.41. The van der Waals surface area contributed by atoms with Gasteiger partial charge in [-0.25, -0.2) is 0 Å². The molecule has 2 aromatic rings. The van der Waals surface area contributed by atoms with Crippen molar-refractivity contribution in [2.45, 2.75) is 6.54 Å². The van der Waals surface area contributed by atoms with Gasteiger partial charge in [0.25, 0.3) is 5.91 Å². The van der Waals surface area contributed by atoms with Crippen molar-refractivity contribution in [1.29, 1.82) is 0 Å². The predicted octanol–water partition coefficient (Wildman–Crippen LogP) is 2.05. The van der Waals surface area contributed by atoms with Gasteiger partial charge >= 0.3 is 0 Å². The molecule has 0 bridgehead atoms. The summed E-state index contributed by atoms with van der Waals surface area (Å²) in [5, 5.41) is 10.0. The number of halogens is 2. The molecule has 0 fully saturated rings. The lowest BCUT2D eigenvalue weighted by Gasteiger charge is -2.07. The van der Waals surface area contributed by atoms with Gasteiger partial charge in [-0.3, -0.25) is 4.79 Å². The average Bonchev–Trinajstić information content (AvgIpc) is 2.75. The maximum Gasteiger partial charge on any atom is 0.254 e. The van der Waals surface area contributed by atoms with Crippen molar-refractivity contribution in [2.75, 3.05) is 0 Å². The quantitative estimate of drug-likeness (QED) is 0.939. The van der Waals surface area contributed by atoms with Crippen molar-refractivity contribution in [2.24, 2.45) is 7.05 Å². The first kappa shape index (κ1) is 12.9. The molecular formula is C11H10Cl2N4O. The van der Waals surface area contributed by atoms with Gasteiger partial charge in [0.2, 0.25) is 0 Å². The summed E-state index contributed by atoms with van der Waals surface area (Å²) < 4.78 is 1.92. The lowest BCUT2D eigenvalue weighted by Crippen LogP contribution is -2.24. The van der Waals surface area contributed by atoms with Crippen molar-refractivity contribution in [1.82, 2.24) is 20.1 Å². The Balaban J connectivity index is 2.08. The number of amides is 1. The van der Waals surface area contributed by atoms with Gasteiger partial charge in [0.1, 0.15) is 0 Å². The van der Waals surface area contributed by atoms with Crippen molar-refractivity contribution < 1.29 is 4.79 Å². The van der Waals surface area contributed by atoms with Gasteiger partial charge in [-0.15, -0.1) is 10.2 Å². The van der Waals surface area contributed by atoms with Gasteiger partial charge in [0, 0.05) is 18.9 Å². The Morgan fingerprint density at radius 3 is 2.89 bits per heavy atom. The number of carbonyl (C=O) groups is 1. The van der Waals surface area contributed by atoms with Crippen LogP contribution < -0.4 is 5.32 Å². The van der Waals surface area contributed by atoms with E-state index >= 15 is 0 Å². The maximum absolute atomic E-state index is 11.9. The molecule has 18 heavy (non-hydrogen) atoms. The molecule has 0 atom stereocenters. The average molecular weight is 285 g/mol. The molecule has 0 unspecified atom stereocenters. The molecule has 7 heteroatoms. The van der Waals surface area contributed by atoms with Crippen LogP contribution in [0.2, 0.25) is 10.3 Å². The van der Waals surface area contributed by atoms with Crippen molar-refractivity contribution in [3.05, 3.63) is 46.0 Å². The largest absolute Gasteiger partial charge is 0.353 e. The zero-order valence-electron chi connectivity index (χ0n) is 9.52. The van der Waals surface area contributed by atoms with Crippen LogP contribution in [0.3, 0.4) is 0 Å². The van der Waals surface area contributed by atoms with E-state index in [4.69, 9.17) is 23.2 Å². The Hall–Kier alpha value is -1.59. The van der Waals surface area contributed by atoms with Gasteiger partial charge in [-0.1, -0.05) is 23.2 Å². The van der Waals surface area contributed by atoms with Gasteiger partial charge in [-0.2, -0.15) is 0 Å². The predicted molar refractivity (Wildman–Crippen MR) is 68.6 cm³/mol. The van der Waals surface area contributed by atoms with E-state index in [1.165, 1.54) is 6.07 Å². The third-order valence-corrected chi connectivity index (χ3v) is 2.91. The van der Waals surface area contributed by atoms with Crippen LogP contribution in [0.4, 0.5) is 0 Å². The van der Waals surface area contributed by atoms with Crippen LogP contribution in [0.1, 0.15) is 16.1 Å². The van der Waals surface area contributed by atoms with E-state index in [2.05, 4.69) is 15.5 Å². The van der Waals surface area contributed by atoms with Gasteiger partial charge in [0.15, 0.2) is 10.3 Å². The Bertz CT molecular complexity index is 582. The summed E-state index contributed by atoms with van der Waals surface area (Å²) in [7, 11) is 1.90. The lowest BCUT2D eigenvalue weighted by molar-refractivity contribution is 0.0949. The molecule has 0 spiro atoms. The molecule has 0 aliphatic carbocycles. The fraction of sp³-hybridized carbons (Fsp3) is 0.182. The topological polar surface area (TPSA) is 59.8 Å². The van der Waals surface area contributed by atoms with Crippen LogP contribution >= 0.6 is 23.2 Å². The molecule has 0 saturated heterocycles. The van der Waals surface area contributed by atoms with Crippen LogP contribution in [0, 0.1) is 0 Å². The molecular weight excluding hydrogens is 275 g/mol. The molecule has 1 amide bonds. The molecule has 0 radical (unpaired) electrons. The fourth-order valence-corrected chi connectivity index (χ4v) is 1.78. The fourth-order valence-electron chi connectivity index (χ4n) is 1.46. The molecule has 0 aromatic carbocycles. The van der Waals surface area contributed by atoms with E-state index in [0.717, 1.165) is 5.69 Å². The van der Waals surface area contributed by atoms with E-state index in [1.54, 1.807) is 0 Å². The standard InChI is InChI=1S/C11H10Cl2N4O/c1-17-4-2-3-7(17)6-14-11(18)8-5-9(12)15-16-10(8)13/h2-5H,6H2,1H3,(H,14,18). The smallest absolute Gasteiger partial charge is 0.254 e. The Morgan fingerprint density at radius 2 is 2.22 bits per heavy atom. The minimum absolute atomic E-state index is 0.0313. The zero-order chi connectivity index (χ0) is 13.1. The van der Waals surface area contributed by atoms with E-state index in [0.29, 0.717) is 6.54 Å².